The number of hydrogen-bond donors (Lipinski definition) is 3. The van der Waals surface area contributed by atoms with Crippen molar-refractivity contribution in [3.05, 3.63) is 70.6 Å². The Morgan fingerprint density at radius 3 is 2.39 bits per heavy atom. The minimum absolute atomic E-state index is 0.0476. The normalized spacial score (nSPS) is 11.3. The van der Waals surface area contributed by atoms with Crippen LogP contribution in [0.5, 0.6) is 0 Å². The van der Waals surface area contributed by atoms with Crippen LogP contribution in [0, 0.1) is 18.3 Å². The van der Waals surface area contributed by atoms with Crippen molar-refractivity contribution >= 4 is 57.2 Å². The second-order valence-corrected chi connectivity index (χ2v) is 10.3. The third kappa shape index (κ3) is 6.97. The number of thioether (sulfide) groups is 1. The van der Waals surface area contributed by atoms with Crippen LogP contribution in [-0.4, -0.2) is 23.0 Å². The van der Waals surface area contributed by atoms with Gasteiger partial charge in [0.05, 0.1) is 15.7 Å². The maximum absolute atomic E-state index is 13.1. The highest BCUT2D eigenvalue weighted by molar-refractivity contribution is 8.00. The molecule has 0 aliphatic heterocycles. The summed E-state index contributed by atoms with van der Waals surface area (Å²) in [6.07, 6.45) is 1.77. The van der Waals surface area contributed by atoms with Gasteiger partial charge in [-0.2, -0.15) is 5.26 Å². The first-order valence-corrected chi connectivity index (χ1v) is 13.3. The Morgan fingerprint density at radius 2 is 1.72 bits per heavy atom. The fourth-order valence-electron chi connectivity index (χ4n) is 3.44. The van der Waals surface area contributed by atoms with E-state index in [0.29, 0.717) is 39.7 Å². The number of carbonyl (C=O) groups is 3. The number of anilines is 3. The van der Waals surface area contributed by atoms with E-state index in [2.05, 4.69) is 22.0 Å². The molecule has 0 bridgehead atoms. The van der Waals surface area contributed by atoms with Gasteiger partial charge < -0.3 is 16.0 Å². The number of benzene rings is 2. The van der Waals surface area contributed by atoms with Gasteiger partial charge in [0.1, 0.15) is 11.1 Å². The van der Waals surface area contributed by atoms with Crippen LogP contribution in [0.15, 0.2) is 59.5 Å². The monoisotopic (exact) mass is 520 g/mol. The molecule has 2 aromatic carbocycles. The van der Waals surface area contributed by atoms with Gasteiger partial charge in [0.2, 0.25) is 11.8 Å². The van der Waals surface area contributed by atoms with Crippen molar-refractivity contribution in [3.8, 4) is 6.07 Å². The van der Waals surface area contributed by atoms with E-state index < -0.39 is 5.25 Å². The minimum Gasteiger partial charge on any atom is -0.326 e. The number of nitrogens with one attached hydrogen (secondary N) is 3. The summed E-state index contributed by atoms with van der Waals surface area (Å²) in [6, 6.07) is 18.6. The predicted octanol–water partition coefficient (Wildman–Crippen LogP) is 6.43. The number of nitriles is 1. The van der Waals surface area contributed by atoms with Crippen LogP contribution in [0.3, 0.4) is 0 Å². The van der Waals surface area contributed by atoms with Crippen molar-refractivity contribution in [1.82, 2.24) is 0 Å². The molecule has 0 spiro atoms. The average Bonchev–Trinajstić information content (AvgIpc) is 3.18. The third-order valence-electron chi connectivity index (χ3n) is 5.27. The van der Waals surface area contributed by atoms with Crippen molar-refractivity contribution in [1.29, 1.82) is 5.26 Å². The standard InChI is InChI=1S/C27H28N4O3S2/c1-4-10-23(32)29-19-13-9-14-20(15-19)35-22(5-2)25(33)31-27-21(16-28)17(3)24(36-27)26(34)30-18-11-7-6-8-12-18/h6-9,11-15,22H,4-5,10H2,1-3H3,(H,29,32)(H,30,34)(H,31,33). The molecule has 3 amide bonds. The van der Waals surface area contributed by atoms with E-state index in [4.69, 9.17) is 0 Å². The first kappa shape index (κ1) is 27.0. The number of hydrogen-bond acceptors (Lipinski definition) is 6. The van der Waals surface area contributed by atoms with E-state index in [-0.39, 0.29) is 23.3 Å². The number of para-hydroxylation sites is 1. The van der Waals surface area contributed by atoms with Crippen LogP contribution in [0.4, 0.5) is 16.4 Å². The molecule has 3 rings (SSSR count). The zero-order valence-corrected chi connectivity index (χ0v) is 22.0. The first-order valence-electron chi connectivity index (χ1n) is 11.6. The summed E-state index contributed by atoms with van der Waals surface area (Å²) in [5, 5.41) is 18.2. The number of amides is 3. The van der Waals surface area contributed by atoms with Gasteiger partial charge in [0.25, 0.3) is 5.91 Å². The van der Waals surface area contributed by atoms with E-state index in [1.54, 1.807) is 19.1 Å². The summed E-state index contributed by atoms with van der Waals surface area (Å²) in [7, 11) is 0. The van der Waals surface area contributed by atoms with Crippen LogP contribution < -0.4 is 16.0 Å². The molecule has 186 valence electrons. The molecule has 36 heavy (non-hydrogen) atoms. The zero-order valence-electron chi connectivity index (χ0n) is 20.4. The summed E-state index contributed by atoms with van der Waals surface area (Å²) in [5.41, 5.74) is 2.15. The first-order chi connectivity index (χ1) is 17.4. The molecule has 0 aliphatic rings. The van der Waals surface area contributed by atoms with E-state index in [1.165, 1.54) is 11.8 Å². The molecule has 1 heterocycles. The smallest absolute Gasteiger partial charge is 0.266 e. The fourth-order valence-corrected chi connectivity index (χ4v) is 5.51. The van der Waals surface area contributed by atoms with Crippen LogP contribution in [0.25, 0.3) is 0 Å². The van der Waals surface area contributed by atoms with Gasteiger partial charge in [-0.15, -0.1) is 23.1 Å². The Balaban J connectivity index is 1.73. The Labute approximate surface area is 219 Å². The summed E-state index contributed by atoms with van der Waals surface area (Å²) < 4.78 is 0. The van der Waals surface area contributed by atoms with Crippen molar-refractivity contribution in [2.75, 3.05) is 16.0 Å². The Bertz CT molecular complexity index is 1280. The maximum atomic E-state index is 13.1. The second-order valence-electron chi connectivity index (χ2n) is 8.02. The Morgan fingerprint density at radius 1 is 1.00 bits per heavy atom. The fraction of sp³-hybridized carbons (Fsp3) is 0.259. The minimum atomic E-state index is -0.429. The molecular weight excluding hydrogens is 492 g/mol. The second kappa shape index (κ2) is 12.9. The van der Waals surface area contributed by atoms with Crippen molar-refractivity contribution in [2.45, 2.75) is 50.2 Å². The van der Waals surface area contributed by atoms with Crippen LogP contribution >= 0.6 is 23.1 Å². The molecule has 0 radical (unpaired) electrons. The van der Waals surface area contributed by atoms with Crippen LogP contribution in [-0.2, 0) is 9.59 Å². The maximum Gasteiger partial charge on any atom is 0.266 e. The van der Waals surface area contributed by atoms with E-state index in [1.807, 2.05) is 56.3 Å². The summed E-state index contributed by atoms with van der Waals surface area (Å²) in [6.45, 7) is 5.56. The van der Waals surface area contributed by atoms with Crippen LogP contribution in [0.1, 0.15) is 53.9 Å². The molecule has 1 atom stereocenters. The number of rotatable bonds is 10. The molecule has 1 unspecified atom stereocenters. The van der Waals surface area contributed by atoms with Crippen molar-refractivity contribution in [3.63, 3.8) is 0 Å². The lowest BCUT2D eigenvalue weighted by molar-refractivity contribution is -0.116. The highest BCUT2D eigenvalue weighted by Crippen LogP contribution is 2.35. The third-order valence-corrected chi connectivity index (χ3v) is 7.83. The lowest BCUT2D eigenvalue weighted by atomic mass is 10.1. The Kier molecular flexibility index (Phi) is 9.68. The summed E-state index contributed by atoms with van der Waals surface area (Å²) in [5.74, 6) is -0.631. The van der Waals surface area contributed by atoms with Gasteiger partial charge in [-0.1, -0.05) is 38.1 Å². The summed E-state index contributed by atoms with van der Waals surface area (Å²) in [4.78, 5) is 39.1. The molecule has 1 aromatic heterocycles. The number of nitrogens with zero attached hydrogens (tertiary/aromatic N) is 1. The SMILES string of the molecule is CCCC(=O)Nc1cccc(SC(CC)C(=O)Nc2sc(C(=O)Nc3ccccc3)c(C)c2C#N)c1. The average molecular weight is 521 g/mol. The molecule has 0 saturated carbocycles. The largest absolute Gasteiger partial charge is 0.326 e. The molecular formula is C27H28N4O3S2. The lowest BCUT2D eigenvalue weighted by Gasteiger charge is -2.15. The van der Waals surface area contributed by atoms with Crippen molar-refractivity contribution in [2.24, 2.45) is 0 Å². The van der Waals surface area contributed by atoms with Gasteiger partial charge in [-0.3, -0.25) is 14.4 Å². The zero-order chi connectivity index (χ0) is 26.1. The Hall–Kier alpha value is -3.61. The van der Waals surface area contributed by atoms with E-state index in [0.717, 1.165) is 22.7 Å². The molecule has 0 fully saturated rings. The molecule has 3 aromatic rings. The highest BCUT2D eigenvalue weighted by Gasteiger charge is 2.24. The van der Waals surface area contributed by atoms with Crippen molar-refractivity contribution < 1.29 is 14.4 Å². The van der Waals surface area contributed by atoms with Gasteiger partial charge in [0, 0.05) is 22.7 Å². The molecule has 9 heteroatoms. The van der Waals surface area contributed by atoms with Gasteiger partial charge in [0.15, 0.2) is 0 Å². The van der Waals surface area contributed by atoms with Gasteiger partial charge in [-0.05, 0) is 55.7 Å². The number of carbonyl (C=O) groups excluding carboxylic acids is 3. The van der Waals surface area contributed by atoms with E-state index >= 15 is 0 Å². The molecule has 3 N–H and O–H groups in total. The van der Waals surface area contributed by atoms with E-state index in [9.17, 15) is 19.6 Å². The summed E-state index contributed by atoms with van der Waals surface area (Å²) >= 11 is 2.47. The lowest BCUT2D eigenvalue weighted by Crippen LogP contribution is -2.24. The number of thiophene rings is 1. The molecule has 7 nitrogen and oxygen atoms in total. The van der Waals surface area contributed by atoms with Gasteiger partial charge >= 0.3 is 0 Å². The topological polar surface area (TPSA) is 111 Å². The molecule has 0 aliphatic carbocycles. The predicted molar refractivity (Wildman–Crippen MR) is 147 cm³/mol. The van der Waals surface area contributed by atoms with Crippen LogP contribution in [0.2, 0.25) is 0 Å². The highest BCUT2D eigenvalue weighted by atomic mass is 32.2. The quantitative estimate of drug-likeness (QED) is 0.267. The van der Waals surface area contributed by atoms with Gasteiger partial charge in [-0.25, -0.2) is 0 Å². The molecule has 0 saturated heterocycles.